The van der Waals surface area contributed by atoms with E-state index in [1.54, 1.807) is 0 Å². The van der Waals surface area contributed by atoms with Gasteiger partial charge in [0.2, 0.25) is 0 Å². The molecule has 58 heavy (non-hydrogen) atoms. The Labute approximate surface area is 355 Å². The van der Waals surface area contributed by atoms with Crippen molar-refractivity contribution in [2.24, 2.45) is 0 Å². The van der Waals surface area contributed by atoms with Gasteiger partial charge in [0.1, 0.15) is 25.5 Å². The van der Waals surface area contributed by atoms with Gasteiger partial charge < -0.3 is 32.6 Å². The molecule has 0 saturated carbocycles. The average molecular weight is 848 g/mol. The maximum absolute atomic E-state index is 13.5. The molecule has 0 aromatic rings. The number of hydrogen-bond donors (Lipinski definition) is 0. The summed E-state index contributed by atoms with van der Waals surface area (Å²) in [7, 11) is 1.03. The van der Waals surface area contributed by atoms with Crippen molar-refractivity contribution in [3.63, 3.8) is 0 Å². The first kappa shape index (κ1) is 54.9. The molecule has 3 atom stereocenters. The number of rotatable bonds is 39. The van der Waals surface area contributed by atoms with Crippen LogP contribution in [0.5, 0.6) is 0 Å². The number of phosphoric ester groups is 1. The molecular formula is C45H88N2O10P. The first-order valence-electron chi connectivity index (χ1n) is 23.4. The number of quaternary nitrogens is 1. The smallest absolute Gasteiger partial charge is 0.306 e. The minimum absolute atomic E-state index is 0.0180. The van der Waals surface area contributed by atoms with Crippen LogP contribution in [0, 0.1) is 0 Å². The van der Waals surface area contributed by atoms with Crippen LogP contribution in [-0.4, -0.2) is 93.0 Å². The molecule has 13 heteroatoms. The fourth-order valence-electron chi connectivity index (χ4n) is 7.39. The Kier molecular flexibility index (Phi) is 30.0. The first-order valence-corrected chi connectivity index (χ1v) is 24.9. The highest BCUT2D eigenvalue weighted by Crippen LogP contribution is 2.41. The predicted molar refractivity (Wildman–Crippen MR) is 229 cm³/mol. The third-order valence-corrected chi connectivity index (χ3v) is 12.1. The molecule has 1 saturated heterocycles. The lowest BCUT2D eigenvalue weighted by Gasteiger charge is -2.35. The molecule has 0 bridgehead atoms. The monoisotopic (exact) mass is 848 g/mol. The third-order valence-electron chi connectivity index (χ3n) is 11.1. The first-order chi connectivity index (χ1) is 27.6. The zero-order valence-corrected chi connectivity index (χ0v) is 39.2. The van der Waals surface area contributed by atoms with Crippen LogP contribution in [0.4, 0.5) is 0 Å². The van der Waals surface area contributed by atoms with Gasteiger partial charge in [0.25, 0.3) is 7.82 Å². The summed E-state index contributed by atoms with van der Waals surface area (Å²) < 4.78 is 40.4. The largest absolute Gasteiger partial charge is 0.756 e. The average Bonchev–Trinajstić information content (AvgIpc) is 3.38. The highest BCUT2D eigenvalue weighted by atomic mass is 31.2. The van der Waals surface area contributed by atoms with Gasteiger partial charge in [-0.25, -0.2) is 0 Å². The quantitative estimate of drug-likeness (QED) is 0.0254. The summed E-state index contributed by atoms with van der Waals surface area (Å²) in [5.74, 6) is -1.03. The molecule has 1 radical (unpaired) electrons. The van der Waals surface area contributed by atoms with Crippen molar-refractivity contribution in [2.75, 3.05) is 54.1 Å². The van der Waals surface area contributed by atoms with Crippen LogP contribution in [0.1, 0.15) is 207 Å². The van der Waals surface area contributed by atoms with Crippen LogP contribution >= 0.6 is 7.82 Å². The number of hydroxylamine groups is 2. The summed E-state index contributed by atoms with van der Waals surface area (Å²) in [5.41, 5.74) is -1.67. The Morgan fingerprint density at radius 1 is 0.672 bits per heavy atom. The van der Waals surface area contributed by atoms with E-state index in [1.165, 1.54) is 103 Å². The van der Waals surface area contributed by atoms with Crippen LogP contribution in [-0.2, 0) is 42.6 Å². The summed E-state index contributed by atoms with van der Waals surface area (Å²) in [6, 6.07) is 0. The molecule has 1 aliphatic rings. The van der Waals surface area contributed by atoms with Crippen LogP contribution in [0.2, 0.25) is 0 Å². The normalized spacial score (nSPS) is 18.6. The second-order valence-corrected chi connectivity index (χ2v) is 19.9. The Hall–Kier alpha value is -1.11. The molecule has 0 aromatic heterocycles. The Balaban J connectivity index is 2.60. The van der Waals surface area contributed by atoms with Crippen molar-refractivity contribution >= 4 is 19.8 Å². The number of esters is 2. The molecule has 1 rings (SSSR count). The number of ether oxygens (including phenoxy) is 3. The Morgan fingerprint density at radius 3 is 1.59 bits per heavy atom. The van der Waals surface area contributed by atoms with Crippen molar-refractivity contribution in [3.8, 4) is 0 Å². The molecule has 0 aliphatic carbocycles. The van der Waals surface area contributed by atoms with E-state index in [2.05, 4.69) is 13.8 Å². The Bertz CT molecular complexity index is 1100. The lowest BCUT2D eigenvalue weighted by atomic mass is 9.95. The number of nitrogens with zero attached hydrogens (tertiary/aromatic N) is 2. The summed E-state index contributed by atoms with van der Waals surface area (Å²) in [5, 5.41) is 14.6. The van der Waals surface area contributed by atoms with Crippen LogP contribution < -0.4 is 4.89 Å². The summed E-state index contributed by atoms with van der Waals surface area (Å²) in [6.45, 7) is 8.02. The van der Waals surface area contributed by atoms with Gasteiger partial charge in [0, 0.05) is 12.8 Å². The zero-order chi connectivity index (χ0) is 43.2. The molecule has 0 amide bonds. The standard InChI is InChI=1S/C45H88N2O10P/c1-8-10-12-14-16-18-20-21-22-23-25-27-29-32-42(48)53-38-41(39-56-58(51,52)55-37-36-47(5,6)7)57-43(49)33-31-35-45(46(50)44(3,4)40-54-45)34-30-28-26-24-19-17-15-13-11-9-2/h41H,8-40H2,1-7H3/t41-,45?/m1/s1. The van der Waals surface area contributed by atoms with Gasteiger partial charge in [-0.15, -0.1) is 10.3 Å². The SMILES string of the molecule is CCCCCCCCCCCCCCCC(=O)OC[C@H](COP(=O)([O-])OCC[N+](C)(C)C)OC(=O)CCCC1(CCCCCCCCCCCC)OCC(C)(C)N1[O]. The van der Waals surface area contributed by atoms with E-state index in [0.29, 0.717) is 43.3 Å². The zero-order valence-electron chi connectivity index (χ0n) is 38.3. The van der Waals surface area contributed by atoms with Gasteiger partial charge in [-0.2, -0.15) is 0 Å². The summed E-state index contributed by atoms with van der Waals surface area (Å²) >= 11 is 0. The van der Waals surface area contributed by atoms with E-state index in [1.807, 2.05) is 35.0 Å². The Morgan fingerprint density at radius 2 is 1.12 bits per heavy atom. The molecule has 12 nitrogen and oxygen atoms in total. The lowest BCUT2D eigenvalue weighted by molar-refractivity contribution is -0.870. The predicted octanol–water partition coefficient (Wildman–Crippen LogP) is 10.8. The highest BCUT2D eigenvalue weighted by Gasteiger charge is 2.52. The number of carbonyl (C=O) groups is 2. The number of hydrogen-bond acceptors (Lipinski definition) is 10. The fraction of sp³-hybridized carbons (Fsp3) is 0.956. The lowest BCUT2D eigenvalue weighted by Crippen LogP contribution is -2.49. The summed E-state index contributed by atoms with van der Waals surface area (Å²) in [4.78, 5) is 38.3. The third kappa shape index (κ3) is 27.7. The minimum atomic E-state index is -4.71. The molecule has 0 N–H and O–H groups in total. The maximum atomic E-state index is 13.5. The molecule has 0 aromatic carbocycles. The number of phosphoric acid groups is 1. The number of carbonyl (C=O) groups excluding carboxylic acids is 2. The van der Waals surface area contributed by atoms with Gasteiger partial charge in [0.05, 0.1) is 39.9 Å². The molecule has 2 unspecified atom stereocenters. The van der Waals surface area contributed by atoms with Crippen molar-refractivity contribution in [1.29, 1.82) is 0 Å². The van der Waals surface area contributed by atoms with E-state index in [0.717, 1.165) is 43.6 Å². The van der Waals surface area contributed by atoms with Crippen LogP contribution in [0.3, 0.4) is 0 Å². The summed E-state index contributed by atoms with van der Waals surface area (Å²) in [6.07, 6.45) is 27.9. The highest BCUT2D eigenvalue weighted by molar-refractivity contribution is 7.45. The molecule has 1 aliphatic heterocycles. The van der Waals surface area contributed by atoms with Crippen LogP contribution in [0.15, 0.2) is 0 Å². The van der Waals surface area contributed by atoms with Crippen LogP contribution in [0.25, 0.3) is 0 Å². The van der Waals surface area contributed by atoms with E-state index in [9.17, 15) is 24.3 Å². The van der Waals surface area contributed by atoms with Gasteiger partial charge in [0.15, 0.2) is 6.10 Å². The topological polar surface area (TPSA) is 144 Å². The fourth-order valence-corrected chi connectivity index (χ4v) is 8.12. The van der Waals surface area contributed by atoms with Gasteiger partial charge in [-0.05, 0) is 46.0 Å². The molecule has 1 heterocycles. The number of likely N-dealkylation sites (N-methyl/N-ethyl adjacent to an activating group) is 1. The molecule has 1 fully saturated rings. The van der Waals surface area contributed by atoms with Crippen molar-refractivity contribution in [1.82, 2.24) is 5.06 Å². The van der Waals surface area contributed by atoms with Crippen molar-refractivity contribution < 1.29 is 52.0 Å². The van der Waals surface area contributed by atoms with E-state index < -0.39 is 43.7 Å². The molecule has 0 spiro atoms. The van der Waals surface area contributed by atoms with Gasteiger partial charge in [-0.1, -0.05) is 149 Å². The second kappa shape index (κ2) is 31.7. The maximum Gasteiger partial charge on any atom is 0.306 e. The van der Waals surface area contributed by atoms with Gasteiger partial charge in [-0.3, -0.25) is 14.2 Å². The van der Waals surface area contributed by atoms with Crippen molar-refractivity contribution in [2.45, 2.75) is 225 Å². The second-order valence-electron chi connectivity index (χ2n) is 18.5. The van der Waals surface area contributed by atoms with E-state index in [4.69, 9.17) is 23.3 Å². The number of unbranched alkanes of at least 4 members (excludes halogenated alkanes) is 21. The van der Waals surface area contributed by atoms with E-state index in [-0.39, 0.29) is 26.1 Å². The van der Waals surface area contributed by atoms with Crippen molar-refractivity contribution in [3.05, 3.63) is 0 Å². The molecular weight excluding hydrogens is 759 g/mol. The van der Waals surface area contributed by atoms with Gasteiger partial charge >= 0.3 is 11.9 Å². The minimum Gasteiger partial charge on any atom is -0.756 e. The molecule has 343 valence electrons. The van der Waals surface area contributed by atoms with E-state index >= 15 is 0 Å².